The first-order chi connectivity index (χ1) is 14.4. The fraction of sp³-hybridized carbons (Fsp3) is 0.0400. The molecule has 1 N–H and O–H groups in total. The van der Waals surface area contributed by atoms with Crippen LogP contribution in [0.15, 0.2) is 114 Å². The number of hydrogen-bond acceptors (Lipinski definition) is 2. The van der Waals surface area contributed by atoms with Crippen LogP contribution in [0.5, 0.6) is 0 Å². The Hall–Kier alpha value is -2.99. The minimum atomic E-state index is -4.42. The molecule has 30 heavy (non-hydrogen) atoms. The summed E-state index contributed by atoms with van der Waals surface area (Å²) in [6.07, 6.45) is 0. The molecule has 0 heterocycles. The Kier molecular flexibility index (Phi) is 5.43. The zero-order valence-electron chi connectivity index (χ0n) is 16.6. The third kappa shape index (κ3) is 3.52. The third-order valence-corrected chi connectivity index (χ3v) is 11.4. The van der Waals surface area contributed by atoms with E-state index < -0.39 is 18.2 Å². The van der Waals surface area contributed by atoms with E-state index in [-0.39, 0.29) is 4.90 Å². The second kappa shape index (κ2) is 8.03. The lowest BCUT2D eigenvalue weighted by Crippen LogP contribution is -2.75. The van der Waals surface area contributed by atoms with Crippen LogP contribution in [0.1, 0.15) is 5.56 Å². The topological polar surface area (TPSA) is 54.4 Å². The predicted octanol–water partition coefficient (Wildman–Crippen LogP) is 2.62. The molecule has 0 atom stereocenters. The molecule has 3 nitrogen and oxygen atoms in total. The van der Waals surface area contributed by atoms with Gasteiger partial charge < -0.3 is 0 Å². The zero-order valence-corrected chi connectivity index (χ0v) is 18.4. The summed E-state index contributed by atoms with van der Waals surface area (Å²) in [5.41, 5.74) is 0.942. The van der Waals surface area contributed by atoms with Gasteiger partial charge >= 0.3 is 0 Å². The van der Waals surface area contributed by atoms with Crippen molar-refractivity contribution in [3.05, 3.63) is 115 Å². The quantitative estimate of drug-likeness (QED) is 0.301. The van der Waals surface area contributed by atoms with Gasteiger partial charge in [-0.25, -0.2) is 0 Å². The van der Waals surface area contributed by atoms with Gasteiger partial charge in [-0.1, -0.05) is 109 Å². The molecule has 0 aliphatic carbocycles. The van der Waals surface area contributed by atoms with Crippen molar-refractivity contribution in [3.8, 4) is 0 Å². The van der Waals surface area contributed by atoms with Crippen LogP contribution in [0.3, 0.4) is 0 Å². The van der Waals surface area contributed by atoms with Crippen molar-refractivity contribution in [2.75, 3.05) is 0 Å². The van der Waals surface area contributed by atoms with Crippen LogP contribution in [0.25, 0.3) is 0 Å². The van der Waals surface area contributed by atoms with Crippen LogP contribution in [-0.4, -0.2) is 21.0 Å². The minimum absolute atomic E-state index is 0.0312. The third-order valence-electron chi connectivity index (χ3n) is 5.44. The molecule has 0 saturated carbocycles. The van der Waals surface area contributed by atoms with Gasteiger partial charge in [0.05, 0.1) is 4.90 Å². The van der Waals surface area contributed by atoms with E-state index in [9.17, 15) is 13.0 Å². The van der Waals surface area contributed by atoms with Crippen molar-refractivity contribution in [3.63, 3.8) is 0 Å². The highest BCUT2D eigenvalue weighted by atomic mass is 32.2. The van der Waals surface area contributed by atoms with E-state index in [0.717, 1.165) is 21.1 Å². The molecular weight excluding hydrogens is 408 g/mol. The van der Waals surface area contributed by atoms with Crippen LogP contribution in [0, 0.1) is 6.92 Å². The van der Waals surface area contributed by atoms with Gasteiger partial charge in [0.25, 0.3) is 10.1 Å². The first-order valence-corrected chi connectivity index (χ1v) is 13.1. The maximum absolute atomic E-state index is 12.5. The molecular formula is C25H22O3SSi. The fourth-order valence-electron chi connectivity index (χ4n) is 4.19. The zero-order chi connectivity index (χ0) is 21.2. The molecule has 0 amide bonds. The Balaban J connectivity index is 2.25. The van der Waals surface area contributed by atoms with Gasteiger partial charge in [-0.3, -0.25) is 4.55 Å². The van der Waals surface area contributed by atoms with E-state index in [1.165, 1.54) is 6.07 Å². The molecule has 150 valence electrons. The van der Waals surface area contributed by atoms with Crippen molar-refractivity contribution in [1.82, 2.24) is 0 Å². The molecule has 0 fully saturated rings. The summed E-state index contributed by atoms with van der Waals surface area (Å²) in [6, 6.07) is 35.3. The summed E-state index contributed by atoms with van der Waals surface area (Å²) in [5.74, 6) is 0. The van der Waals surface area contributed by atoms with Gasteiger partial charge in [-0.05, 0) is 33.7 Å². The van der Waals surface area contributed by atoms with E-state index >= 15 is 0 Å². The largest absolute Gasteiger partial charge is 0.294 e. The highest BCUT2D eigenvalue weighted by Gasteiger charge is 2.44. The molecule has 0 radical (unpaired) electrons. The van der Waals surface area contributed by atoms with Gasteiger partial charge in [-0.2, -0.15) is 8.42 Å². The Morgan fingerprint density at radius 3 is 1.40 bits per heavy atom. The highest BCUT2D eigenvalue weighted by molar-refractivity contribution is 7.86. The van der Waals surface area contributed by atoms with Crippen molar-refractivity contribution in [1.29, 1.82) is 0 Å². The van der Waals surface area contributed by atoms with E-state index in [4.69, 9.17) is 0 Å². The summed E-state index contributed by atoms with van der Waals surface area (Å²) in [4.78, 5) is -0.0312. The smallest absolute Gasteiger partial charge is 0.282 e. The lowest BCUT2D eigenvalue weighted by molar-refractivity contribution is 0.484. The summed E-state index contributed by atoms with van der Waals surface area (Å²) < 4.78 is 35.1. The van der Waals surface area contributed by atoms with Gasteiger partial charge in [-0.15, -0.1) is 0 Å². The molecule has 5 heteroatoms. The van der Waals surface area contributed by atoms with Crippen molar-refractivity contribution >= 4 is 38.9 Å². The van der Waals surface area contributed by atoms with Crippen LogP contribution in [-0.2, 0) is 10.1 Å². The number of benzene rings is 4. The average molecular weight is 431 g/mol. The Morgan fingerprint density at radius 1 is 0.633 bits per heavy atom. The SMILES string of the molecule is Cc1ccc(S(=O)(=O)O)c([Si](c2ccccc2)(c2ccccc2)c2ccccc2)c1. The van der Waals surface area contributed by atoms with E-state index in [1.807, 2.05) is 67.6 Å². The van der Waals surface area contributed by atoms with E-state index in [1.54, 1.807) is 6.07 Å². The van der Waals surface area contributed by atoms with Crippen molar-refractivity contribution in [2.24, 2.45) is 0 Å². The number of rotatable bonds is 5. The molecule has 4 aromatic carbocycles. The Morgan fingerprint density at radius 2 is 1.03 bits per heavy atom. The van der Waals surface area contributed by atoms with E-state index in [2.05, 4.69) is 36.4 Å². The second-order valence-electron chi connectivity index (χ2n) is 7.32. The fourth-order valence-corrected chi connectivity index (χ4v) is 10.5. The molecule has 0 aromatic heterocycles. The summed E-state index contributed by atoms with van der Waals surface area (Å²) >= 11 is 0. The molecule has 0 spiro atoms. The van der Waals surface area contributed by atoms with Crippen LogP contribution < -0.4 is 20.7 Å². The van der Waals surface area contributed by atoms with Crippen LogP contribution in [0.2, 0.25) is 0 Å². The van der Waals surface area contributed by atoms with Crippen LogP contribution in [0.4, 0.5) is 0 Å². The molecule has 4 rings (SSSR count). The standard InChI is InChI=1S/C25H22O3SSi/c1-20-17-18-24(29(26,27)28)25(19-20)30(21-11-5-2-6-12-21,22-13-7-3-8-14-22)23-15-9-4-10-16-23/h2-19H,1H3,(H,26,27,28). The number of hydrogen-bond donors (Lipinski definition) is 1. The molecule has 0 saturated heterocycles. The molecule has 0 bridgehead atoms. The van der Waals surface area contributed by atoms with Gasteiger partial charge in [0.2, 0.25) is 0 Å². The Labute approximate surface area is 178 Å². The summed E-state index contributed by atoms with van der Waals surface area (Å²) in [5, 5.41) is 3.82. The lowest BCUT2D eigenvalue weighted by Gasteiger charge is -2.35. The van der Waals surface area contributed by atoms with Crippen LogP contribution >= 0.6 is 0 Å². The van der Waals surface area contributed by atoms with Gasteiger partial charge in [0.15, 0.2) is 8.07 Å². The molecule has 4 aromatic rings. The first-order valence-electron chi connectivity index (χ1n) is 9.69. The van der Waals surface area contributed by atoms with Crippen molar-refractivity contribution in [2.45, 2.75) is 11.8 Å². The van der Waals surface area contributed by atoms with Gasteiger partial charge in [0, 0.05) is 0 Å². The molecule has 0 aliphatic heterocycles. The van der Waals surface area contributed by atoms with Gasteiger partial charge in [0.1, 0.15) is 0 Å². The maximum Gasteiger partial charge on any atom is 0.294 e. The minimum Gasteiger partial charge on any atom is -0.282 e. The first kappa shape index (κ1) is 20.3. The summed E-state index contributed by atoms with van der Waals surface area (Å²) in [7, 11) is -7.45. The highest BCUT2D eigenvalue weighted by Crippen LogP contribution is 2.16. The van der Waals surface area contributed by atoms with E-state index in [0.29, 0.717) is 5.19 Å². The second-order valence-corrected chi connectivity index (χ2v) is 12.5. The molecule has 0 unspecified atom stereocenters. The van der Waals surface area contributed by atoms with Crippen molar-refractivity contribution < 1.29 is 13.0 Å². The average Bonchev–Trinajstić information content (AvgIpc) is 2.76. The Bertz CT molecular complexity index is 1160. The summed E-state index contributed by atoms with van der Waals surface area (Å²) in [6.45, 7) is 1.94. The number of aryl methyl sites for hydroxylation is 1. The molecule has 0 aliphatic rings. The maximum atomic E-state index is 12.5. The predicted molar refractivity (Wildman–Crippen MR) is 125 cm³/mol. The normalized spacial score (nSPS) is 11.9. The lowest BCUT2D eigenvalue weighted by atomic mass is 10.2. The monoisotopic (exact) mass is 430 g/mol.